The largest absolute Gasteiger partial charge is 0.486 e. The first-order chi connectivity index (χ1) is 13.4. The van der Waals surface area contributed by atoms with Gasteiger partial charge in [0.2, 0.25) is 0 Å². The number of alkyl halides is 2. The van der Waals surface area contributed by atoms with Crippen LogP contribution in [-0.2, 0) is 10.3 Å². The number of ether oxygens (including phenoxy) is 2. The summed E-state index contributed by atoms with van der Waals surface area (Å²) in [6.45, 7) is 1.86. The molecule has 0 bridgehead atoms. The van der Waals surface area contributed by atoms with Crippen molar-refractivity contribution in [2.75, 3.05) is 25.1 Å². The summed E-state index contributed by atoms with van der Waals surface area (Å²) in [5.41, 5.74) is 6.69. The van der Waals surface area contributed by atoms with Crippen molar-refractivity contribution in [2.45, 2.75) is 18.9 Å². The highest BCUT2D eigenvalue weighted by Gasteiger charge is 2.30. The molecule has 1 unspecified atom stereocenters. The van der Waals surface area contributed by atoms with Gasteiger partial charge in [-0.1, -0.05) is 12.1 Å². The third-order valence-corrected chi connectivity index (χ3v) is 4.11. The monoisotopic (exact) mass is 426 g/mol. The Balaban J connectivity index is 0.00000300. The topological polar surface area (TPSA) is 98.8 Å². The number of aliphatic imine (C=N–C) groups is 1. The van der Waals surface area contributed by atoms with Crippen molar-refractivity contribution in [3.8, 4) is 5.75 Å². The molecule has 1 aromatic heterocycles. The number of nitrogens with two attached hydrogens (primary N) is 1. The quantitative estimate of drug-likeness (QED) is 0.739. The lowest BCUT2D eigenvalue weighted by Crippen LogP contribution is -2.37. The second-order valence-electron chi connectivity index (χ2n) is 6.49. The molecule has 0 saturated carbocycles. The van der Waals surface area contributed by atoms with Gasteiger partial charge in [-0.25, -0.2) is 13.8 Å². The zero-order valence-corrected chi connectivity index (χ0v) is 16.4. The Hall–Kier alpha value is -2.78. The van der Waals surface area contributed by atoms with Crippen molar-refractivity contribution >= 4 is 29.8 Å². The molecule has 3 rings (SSSR count). The lowest BCUT2D eigenvalue weighted by molar-refractivity contribution is 0.0816. The molecule has 0 radical (unpaired) electrons. The zero-order chi connectivity index (χ0) is 20.1. The number of amides is 1. The van der Waals surface area contributed by atoms with E-state index >= 15 is 0 Å². The van der Waals surface area contributed by atoms with E-state index in [1.807, 2.05) is 13.0 Å². The number of hydrogen-bond donors (Lipinski definition) is 2. The summed E-state index contributed by atoms with van der Waals surface area (Å²) in [7, 11) is 0. The second-order valence-corrected chi connectivity index (χ2v) is 6.49. The first kappa shape index (κ1) is 22.5. The summed E-state index contributed by atoms with van der Waals surface area (Å²) >= 11 is 0. The molecule has 2 heterocycles. The van der Waals surface area contributed by atoms with Crippen molar-refractivity contribution in [2.24, 2.45) is 10.7 Å². The van der Waals surface area contributed by atoms with Crippen LogP contribution >= 0.6 is 12.4 Å². The summed E-state index contributed by atoms with van der Waals surface area (Å²) in [4.78, 5) is 20.8. The molecule has 10 heteroatoms. The summed E-state index contributed by atoms with van der Waals surface area (Å²) in [5, 5.41) is 2.75. The lowest BCUT2D eigenvalue weighted by atomic mass is 9.92. The Morgan fingerprint density at radius 2 is 2.17 bits per heavy atom. The fourth-order valence-electron chi connectivity index (χ4n) is 2.77. The fourth-order valence-corrected chi connectivity index (χ4v) is 2.77. The van der Waals surface area contributed by atoms with Gasteiger partial charge in [-0.15, -0.1) is 12.4 Å². The zero-order valence-electron chi connectivity index (χ0n) is 15.6. The van der Waals surface area contributed by atoms with Crippen molar-refractivity contribution in [3.63, 3.8) is 0 Å². The van der Waals surface area contributed by atoms with Crippen LogP contribution in [0.25, 0.3) is 0 Å². The summed E-state index contributed by atoms with van der Waals surface area (Å²) < 4.78 is 34.6. The van der Waals surface area contributed by atoms with E-state index in [2.05, 4.69) is 15.3 Å². The molecule has 29 heavy (non-hydrogen) atoms. The van der Waals surface area contributed by atoms with Crippen molar-refractivity contribution < 1.29 is 23.0 Å². The number of carbonyl (C=O) groups excluding carboxylic acids is 1. The smallest absolute Gasteiger partial charge is 0.274 e. The van der Waals surface area contributed by atoms with Gasteiger partial charge >= 0.3 is 0 Å². The number of anilines is 1. The molecule has 2 aromatic rings. The minimum Gasteiger partial charge on any atom is -0.486 e. The second kappa shape index (κ2) is 9.62. The van der Waals surface area contributed by atoms with Gasteiger partial charge in [0.15, 0.2) is 0 Å². The highest BCUT2D eigenvalue weighted by molar-refractivity contribution is 6.02. The minimum absolute atomic E-state index is 0. The third-order valence-electron chi connectivity index (χ3n) is 4.11. The van der Waals surface area contributed by atoms with Crippen LogP contribution in [0.2, 0.25) is 0 Å². The molecule has 1 amide bonds. The Morgan fingerprint density at radius 3 is 2.83 bits per heavy atom. The van der Waals surface area contributed by atoms with Gasteiger partial charge in [-0.2, -0.15) is 0 Å². The number of nitrogens with zero attached hydrogens (tertiary/aromatic N) is 2. The van der Waals surface area contributed by atoms with Crippen LogP contribution in [0.1, 0.15) is 23.0 Å². The molecule has 0 fully saturated rings. The molecule has 0 saturated heterocycles. The van der Waals surface area contributed by atoms with Gasteiger partial charge in [0.25, 0.3) is 12.3 Å². The first-order valence-corrected chi connectivity index (χ1v) is 8.56. The molecule has 1 aliphatic rings. The van der Waals surface area contributed by atoms with Crippen LogP contribution in [-0.4, -0.2) is 43.0 Å². The van der Waals surface area contributed by atoms with Crippen molar-refractivity contribution in [1.29, 1.82) is 0 Å². The van der Waals surface area contributed by atoms with E-state index in [9.17, 15) is 13.6 Å². The van der Waals surface area contributed by atoms with Gasteiger partial charge in [0.1, 0.15) is 36.0 Å². The summed E-state index contributed by atoms with van der Waals surface area (Å²) in [6, 6.07) is 10.0. The van der Waals surface area contributed by atoms with E-state index < -0.39 is 24.5 Å². The predicted molar refractivity (Wildman–Crippen MR) is 107 cm³/mol. The number of hydrogen-bond acceptors (Lipinski definition) is 6. The number of rotatable bonds is 6. The van der Waals surface area contributed by atoms with Crippen molar-refractivity contribution in [1.82, 2.24) is 4.98 Å². The van der Waals surface area contributed by atoms with Gasteiger partial charge in [0, 0.05) is 5.69 Å². The predicted octanol–water partition coefficient (Wildman–Crippen LogP) is 3.00. The van der Waals surface area contributed by atoms with E-state index in [4.69, 9.17) is 15.2 Å². The summed E-state index contributed by atoms with van der Waals surface area (Å²) in [5.74, 6) is 0.145. The van der Waals surface area contributed by atoms with Gasteiger partial charge in [0.05, 0.1) is 12.8 Å². The van der Waals surface area contributed by atoms with Gasteiger partial charge in [-0.3, -0.25) is 9.79 Å². The maximum atomic E-state index is 12.4. The molecule has 1 aromatic carbocycles. The highest BCUT2D eigenvalue weighted by atomic mass is 35.5. The van der Waals surface area contributed by atoms with Gasteiger partial charge < -0.3 is 20.5 Å². The van der Waals surface area contributed by atoms with Gasteiger partial charge in [-0.05, 0) is 36.8 Å². The van der Waals surface area contributed by atoms with Crippen LogP contribution < -0.4 is 15.8 Å². The minimum atomic E-state index is -2.58. The normalized spacial score (nSPS) is 18.6. The molecule has 0 aliphatic carbocycles. The van der Waals surface area contributed by atoms with Crippen LogP contribution in [0, 0.1) is 0 Å². The lowest BCUT2D eigenvalue weighted by Gasteiger charge is -2.30. The summed E-state index contributed by atoms with van der Waals surface area (Å²) in [6.07, 6.45) is -1.35. The molecule has 1 aliphatic heterocycles. The number of benzene rings is 1. The standard InChI is InChI=1S/C19H20F2N4O3.ClH/c1-19(11-27-10-17(22)25-19)12-3-2-4-13(7-12)24-18(26)15-6-5-14(8-23-15)28-9-16(20)21;/h2-8,16H,9-11H2,1H3,(H2,22,25)(H,24,26);1H. The van der Waals surface area contributed by atoms with Crippen LogP contribution in [0.5, 0.6) is 5.75 Å². The van der Waals surface area contributed by atoms with Crippen LogP contribution in [0.4, 0.5) is 14.5 Å². The van der Waals surface area contributed by atoms with E-state index in [0.29, 0.717) is 24.7 Å². The highest BCUT2D eigenvalue weighted by Crippen LogP contribution is 2.30. The molecule has 7 nitrogen and oxygen atoms in total. The Labute approximate surface area is 172 Å². The molecule has 3 N–H and O–H groups in total. The van der Waals surface area contributed by atoms with Crippen LogP contribution in [0.3, 0.4) is 0 Å². The number of nitrogens with one attached hydrogen (secondary N) is 1. The number of amidine groups is 1. The molecule has 156 valence electrons. The Bertz CT molecular complexity index is 880. The third kappa shape index (κ3) is 5.85. The average molecular weight is 427 g/mol. The van der Waals surface area contributed by atoms with E-state index in [0.717, 1.165) is 5.56 Å². The first-order valence-electron chi connectivity index (χ1n) is 8.56. The van der Waals surface area contributed by atoms with E-state index in [-0.39, 0.29) is 23.9 Å². The van der Waals surface area contributed by atoms with Crippen LogP contribution in [0.15, 0.2) is 47.6 Å². The molecule has 1 atom stereocenters. The number of pyridine rings is 1. The van der Waals surface area contributed by atoms with E-state index in [1.165, 1.54) is 18.3 Å². The maximum Gasteiger partial charge on any atom is 0.274 e. The SMILES string of the molecule is CC1(c2cccc(NC(=O)c3ccc(OCC(F)F)cn3)c2)COCC(N)=N1.Cl. The Morgan fingerprint density at radius 1 is 1.38 bits per heavy atom. The van der Waals surface area contributed by atoms with Crippen molar-refractivity contribution in [3.05, 3.63) is 53.9 Å². The number of aromatic nitrogens is 1. The number of halogens is 3. The average Bonchev–Trinajstić information content (AvgIpc) is 2.67. The Kier molecular flexibility index (Phi) is 7.46. The fraction of sp³-hybridized carbons (Fsp3) is 0.316. The number of carbonyl (C=O) groups is 1. The maximum absolute atomic E-state index is 12.4. The van der Waals surface area contributed by atoms with E-state index in [1.54, 1.807) is 18.2 Å². The molecular weight excluding hydrogens is 406 g/mol. The molecular formula is C19H21ClF2N4O3. The molecule has 0 spiro atoms.